The van der Waals surface area contributed by atoms with Crippen molar-refractivity contribution in [2.24, 2.45) is 0 Å². The fourth-order valence-electron chi connectivity index (χ4n) is 2.48. The van der Waals surface area contributed by atoms with Gasteiger partial charge in [-0.15, -0.1) is 11.8 Å². The molecule has 1 saturated heterocycles. The third-order valence-corrected chi connectivity index (χ3v) is 4.95. The molecule has 1 aliphatic heterocycles. The lowest BCUT2D eigenvalue weighted by molar-refractivity contribution is -0.147. The van der Waals surface area contributed by atoms with Gasteiger partial charge in [0.25, 0.3) is 0 Å². The molecule has 1 amide bonds. The van der Waals surface area contributed by atoms with Gasteiger partial charge in [0.15, 0.2) is 0 Å². The highest BCUT2D eigenvalue weighted by Gasteiger charge is 2.25. The highest BCUT2D eigenvalue weighted by Crippen LogP contribution is 2.22. The van der Waals surface area contributed by atoms with Crippen LogP contribution in [0.4, 0.5) is 0 Å². The number of morpholine rings is 1. The molecule has 0 spiro atoms. The summed E-state index contributed by atoms with van der Waals surface area (Å²) in [7, 11) is 0. The lowest BCUT2D eigenvalue weighted by atomic mass is 10.1. The Labute approximate surface area is 141 Å². The van der Waals surface area contributed by atoms with E-state index in [0.29, 0.717) is 26.1 Å². The molecule has 2 rings (SSSR count). The van der Waals surface area contributed by atoms with Crippen molar-refractivity contribution in [3.05, 3.63) is 29.3 Å². The van der Waals surface area contributed by atoms with Crippen LogP contribution < -0.4 is 0 Å². The Kier molecular flexibility index (Phi) is 6.47. The number of benzene rings is 1. The Hall–Kier alpha value is -1.53. The molecule has 1 unspecified atom stereocenters. The van der Waals surface area contributed by atoms with Gasteiger partial charge in [-0.2, -0.15) is 0 Å². The molecule has 1 heterocycles. The summed E-state index contributed by atoms with van der Waals surface area (Å²) in [5.74, 6) is -0.0999. The second kappa shape index (κ2) is 8.36. The largest absolute Gasteiger partial charge is 0.481 e. The number of carboxylic acids is 1. The zero-order valence-electron chi connectivity index (χ0n) is 13.6. The average Bonchev–Trinajstić information content (AvgIpc) is 2.50. The van der Waals surface area contributed by atoms with E-state index in [9.17, 15) is 9.59 Å². The maximum absolute atomic E-state index is 12.3. The van der Waals surface area contributed by atoms with Crippen molar-refractivity contribution in [1.29, 1.82) is 0 Å². The van der Waals surface area contributed by atoms with Crippen molar-refractivity contribution in [2.45, 2.75) is 37.7 Å². The molecule has 0 saturated carbocycles. The quantitative estimate of drug-likeness (QED) is 0.808. The van der Waals surface area contributed by atoms with E-state index in [0.717, 1.165) is 5.75 Å². The van der Waals surface area contributed by atoms with Crippen molar-refractivity contribution in [3.8, 4) is 0 Å². The molecule has 126 valence electrons. The van der Waals surface area contributed by atoms with Crippen molar-refractivity contribution >= 4 is 23.6 Å². The van der Waals surface area contributed by atoms with Crippen LogP contribution >= 0.6 is 11.8 Å². The van der Waals surface area contributed by atoms with Gasteiger partial charge >= 0.3 is 5.97 Å². The topological polar surface area (TPSA) is 66.8 Å². The van der Waals surface area contributed by atoms with Gasteiger partial charge in [-0.05, 0) is 37.1 Å². The van der Waals surface area contributed by atoms with Crippen LogP contribution in [0.2, 0.25) is 0 Å². The fourth-order valence-corrected chi connectivity index (χ4v) is 3.42. The SMILES string of the molecule is Cc1ccc(SCCC(=O)N2CCOC(CC(=O)O)C2)cc1C. The number of rotatable bonds is 6. The predicted octanol–water partition coefficient (Wildman–Crippen LogP) is 2.49. The minimum Gasteiger partial charge on any atom is -0.481 e. The van der Waals surface area contributed by atoms with Crippen LogP contribution in [0.3, 0.4) is 0 Å². The number of hydrogen-bond acceptors (Lipinski definition) is 4. The zero-order valence-corrected chi connectivity index (χ0v) is 14.4. The number of amides is 1. The Balaban J connectivity index is 1.77. The average molecular weight is 337 g/mol. The molecular weight excluding hydrogens is 314 g/mol. The smallest absolute Gasteiger partial charge is 0.306 e. The second-order valence-corrected chi connectivity index (χ2v) is 6.94. The maximum Gasteiger partial charge on any atom is 0.306 e. The van der Waals surface area contributed by atoms with Crippen LogP contribution in [0.15, 0.2) is 23.1 Å². The van der Waals surface area contributed by atoms with E-state index in [1.807, 2.05) is 0 Å². The number of nitrogens with zero attached hydrogens (tertiary/aromatic N) is 1. The van der Waals surface area contributed by atoms with Crippen molar-refractivity contribution in [3.63, 3.8) is 0 Å². The number of hydrogen-bond donors (Lipinski definition) is 1. The third kappa shape index (κ3) is 5.55. The molecule has 23 heavy (non-hydrogen) atoms. The van der Waals surface area contributed by atoms with E-state index in [4.69, 9.17) is 9.84 Å². The molecule has 1 aromatic rings. The molecule has 6 heteroatoms. The van der Waals surface area contributed by atoms with Crippen LogP contribution in [-0.4, -0.2) is 53.4 Å². The molecule has 0 aliphatic carbocycles. The summed E-state index contributed by atoms with van der Waals surface area (Å²) in [6.45, 7) is 5.50. The minimum absolute atomic E-state index is 0.0544. The van der Waals surface area contributed by atoms with Crippen molar-refractivity contribution in [1.82, 2.24) is 4.90 Å². The second-order valence-electron chi connectivity index (χ2n) is 5.77. The van der Waals surface area contributed by atoms with E-state index < -0.39 is 12.1 Å². The summed E-state index contributed by atoms with van der Waals surface area (Å²) in [5.41, 5.74) is 2.52. The lowest BCUT2D eigenvalue weighted by Crippen LogP contribution is -2.46. The zero-order chi connectivity index (χ0) is 16.8. The first-order chi connectivity index (χ1) is 11.0. The van der Waals surface area contributed by atoms with Gasteiger partial charge in [0.05, 0.1) is 19.1 Å². The molecule has 5 nitrogen and oxygen atoms in total. The number of aliphatic carboxylic acids is 1. The van der Waals surface area contributed by atoms with Gasteiger partial charge in [-0.3, -0.25) is 9.59 Å². The normalized spacial score (nSPS) is 18.0. The van der Waals surface area contributed by atoms with Crippen molar-refractivity contribution < 1.29 is 19.4 Å². The van der Waals surface area contributed by atoms with Gasteiger partial charge in [0, 0.05) is 30.2 Å². The summed E-state index contributed by atoms with van der Waals surface area (Å²) in [6.07, 6.45) is 0.0102. The Morgan fingerprint density at radius 2 is 2.13 bits per heavy atom. The lowest BCUT2D eigenvalue weighted by Gasteiger charge is -2.32. The molecule has 1 aromatic carbocycles. The van der Waals surface area contributed by atoms with Crippen LogP contribution in [0.5, 0.6) is 0 Å². The van der Waals surface area contributed by atoms with Crippen LogP contribution in [0, 0.1) is 13.8 Å². The minimum atomic E-state index is -0.894. The third-order valence-electron chi connectivity index (χ3n) is 3.96. The van der Waals surface area contributed by atoms with Gasteiger partial charge in [0.2, 0.25) is 5.91 Å². The summed E-state index contributed by atoms with van der Waals surface area (Å²) >= 11 is 1.67. The highest BCUT2D eigenvalue weighted by molar-refractivity contribution is 7.99. The van der Waals surface area contributed by atoms with E-state index in [2.05, 4.69) is 32.0 Å². The molecule has 0 aromatic heterocycles. The first kappa shape index (κ1) is 17.8. The Bertz CT molecular complexity index is 576. The summed E-state index contributed by atoms with van der Waals surface area (Å²) < 4.78 is 5.39. The molecule has 0 bridgehead atoms. The first-order valence-corrected chi connectivity index (χ1v) is 8.75. The monoisotopic (exact) mass is 337 g/mol. The number of carbonyl (C=O) groups is 2. The van der Waals surface area contributed by atoms with E-state index >= 15 is 0 Å². The number of aryl methyl sites for hydroxylation is 2. The number of thioether (sulfide) groups is 1. The number of carboxylic acid groups (broad SMARTS) is 1. The van der Waals surface area contributed by atoms with Crippen molar-refractivity contribution in [2.75, 3.05) is 25.4 Å². The summed E-state index contributed by atoms with van der Waals surface area (Å²) in [4.78, 5) is 25.9. The maximum atomic E-state index is 12.3. The Morgan fingerprint density at radius 3 is 2.83 bits per heavy atom. The summed E-state index contributed by atoms with van der Waals surface area (Å²) in [5, 5.41) is 8.81. The van der Waals surface area contributed by atoms with Gasteiger partial charge in [-0.1, -0.05) is 6.07 Å². The standard InChI is InChI=1S/C17H23NO4S/c1-12-3-4-15(9-13(12)2)23-8-5-16(19)18-6-7-22-14(11-18)10-17(20)21/h3-4,9,14H,5-8,10-11H2,1-2H3,(H,20,21). The highest BCUT2D eigenvalue weighted by atomic mass is 32.2. The molecule has 1 aliphatic rings. The van der Waals surface area contributed by atoms with Gasteiger partial charge < -0.3 is 14.7 Å². The summed E-state index contributed by atoms with van der Waals surface area (Å²) in [6, 6.07) is 6.31. The fraction of sp³-hybridized carbons (Fsp3) is 0.529. The molecule has 1 fully saturated rings. The first-order valence-electron chi connectivity index (χ1n) is 7.77. The molecule has 1 atom stereocenters. The Morgan fingerprint density at radius 1 is 1.35 bits per heavy atom. The van der Waals surface area contributed by atoms with E-state index in [1.54, 1.807) is 16.7 Å². The van der Waals surface area contributed by atoms with Crippen LogP contribution in [0.25, 0.3) is 0 Å². The van der Waals surface area contributed by atoms with Crippen LogP contribution in [0.1, 0.15) is 24.0 Å². The molecule has 0 radical (unpaired) electrons. The molecule has 1 N–H and O–H groups in total. The van der Waals surface area contributed by atoms with E-state index in [1.165, 1.54) is 16.0 Å². The number of carbonyl (C=O) groups excluding carboxylic acids is 1. The van der Waals surface area contributed by atoms with Crippen LogP contribution in [-0.2, 0) is 14.3 Å². The number of ether oxygens (including phenoxy) is 1. The van der Waals surface area contributed by atoms with Gasteiger partial charge in [0.1, 0.15) is 0 Å². The molecular formula is C17H23NO4S. The van der Waals surface area contributed by atoms with E-state index in [-0.39, 0.29) is 12.3 Å². The predicted molar refractivity (Wildman–Crippen MR) is 89.8 cm³/mol. The van der Waals surface area contributed by atoms with Gasteiger partial charge in [-0.25, -0.2) is 0 Å².